The molecule has 7 heteroatoms. The van der Waals surface area contributed by atoms with Crippen molar-refractivity contribution in [3.63, 3.8) is 0 Å². The molecule has 5 aliphatic rings. The molecule has 7 nitrogen and oxygen atoms in total. The number of carbonyl (C=O) groups excluding carboxylic acids is 3. The van der Waals surface area contributed by atoms with E-state index in [1.807, 2.05) is 0 Å². The molecule has 130 valence electrons. The van der Waals surface area contributed by atoms with Gasteiger partial charge in [-0.2, -0.15) is 0 Å². The summed E-state index contributed by atoms with van der Waals surface area (Å²) in [5.74, 6) is -0.525. The molecule has 2 saturated carbocycles. The predicted octanol–water partition coefficient (Wildman–Crippen LogP) is 0.912. The molecule has 0 aromatic heterocycles. The molecule has 0 aromatic carbocycles. The molecule has 5 rings (SSSR count). The van der Waals surface area contributed by atoms with E-state index in [1.54, 1.807) is 0 Å². The first-order valence-electron chi connectivity index (χ1n) is 9.09. The van der Waals surface area contributed by atoms with Gasteiger partial charge in [0, 0.05) is 24.9 Å². The summed E-state index contributed by atoms with van der Waals surface area (Å²) < 4.78 is 10.9. The fourth-order valence-electron chi connectivity index (χ4n) is 4.64. The Labute approximate surface area is 140 Å². The molecule has 0 spiro atoms. The highest BCUT2D eigenvalue weighted by atomic mass is 16.6. The number of urea groups is 1. The first kappa shape index (κ1) is 14.8. The molecular weight excluding hydrogens is 312 g/mol. The van der Waals surface area contributed by atoms with E-state index >= 15 is 0 Å². The lowest BCUT2D eigenvalue weighted by atomic mass is 9.88. The normalized spacial score (nSPS) is 43.2. The number of hydrogen-bond acceptors (Lipinski definition) is 5. The first-order valence-corrected chi connectivity index (χ1v) is 9.09. The maximum absolute atomic E-state index is 12.7. The second-order valence-corrected chi connectivity index (χ2v) is 7.71. The molecule has 0 bridgehead atoms. The number of amides is 4. The molecule has 3 aliphatic heterocycles. The predicted molar refractivity (Wildman–Crippen MR) is 80.8 cm³/mol. The van der Waals surface area contributed by atoms with E-state index in [0.29, 0.717) is 38.1 Å². The topological polar surface area (TPSA) is 82.8 Å². The van der Waals surface area contributed by atoms with Crippen molar-refractivity contribution in [2.75, 3.05) is 13.1 Å². The molecule has 0 radical (unpaired) electrons. The molecule has 6 atom stereocenters. The Kier molecular flexibility index (Phi) is 3.25. The van der Waals surface area contributed by atoms with Gasteiger partial charge in [-0.05, 0) is 38.5 Å². The maximum Gasteiger partial charge on any atom is 0.333 e. The Balaban J connectivity index is 1.22. The lowest BCUT2D eigenvalue weighted by Gasteiger charge is -2.25. The van der Waals surface area contributed by atoms with Crippen LogP contribution in [-0.4, -0.2) is 65.2 Å². The quantitative estimate of drug-likeness (QED) is 0.701. The van der Waals surface area contributed by atoms with Crippen LogP contribution in [0.25, 0.3) is 0 Å². The zero-order valence-electron chi connectivity index (χ0n) is 13.6. The number of hydrogen-bond donors (Lipinski definition) is 0. The highest BCUT2D eigenvalue weighted by Gasteiger charge is 2.50. The minimum absolute atomic E-state index is 0.126. The summed E-state index contributed by atoms with van der Waals surface area (Å²) >= 11 is 0. The van der Waals surface area contributed by atoms with Crippen LogP contribution in [0.4, 0.5) is 4.79 Å². The highest BCUT2D eigenvalue weighted by Crippen LogP contribution is 2.41. The van der Waals surface area contributed by atoms with Gasteiger partial charge in [-0.3, -0.25) is 19.4 Å². The van der Waals surface area contributed by atoms with Gasteiger partial charge in [-0.25, -0.2) is 4.79 Å². The number of fused-ring (bicyclic) bond motifs is 2. The van der Waals surface area contributed by atoms with Crippen molar-refractivity contribution in [1.82, 2.24) is 9.80 Å². The minimum atomic E-state index is -0.428. The van der Waals surface area contributed by atoms with Crippen LogP contribution in [0, 0.1) is 11.8 Å². The molecular formula is C17H22N2O5. The molecule has 0 aromatic rings. The summed E-state index contributed by atoms with van der Waals surface area (Å²) in [5.41, 5.74) is 0. The van der Waals surface area contributed by atoms with Crippen molar-refractivity contribution in [1.29, 1.82) is 0 Å². The summed E-state index contributed by atoms with van der Waals surface area (Å²) in [7, 11) is 0. The standard InChI is InChI=1S/C17H22N2O5/c20-15(9-1-3-11-13(7-9)23-11)18-5-6-19(17(18)22)16(21)10-2-4-12-14(8-10)24-12/h9-14H,1-8H2/t9-,10-,11-,12-,13-,14+/m1/s1. The van der Waals surface area contributed by atoms with Crippen molar-refractivity contribution >= 4 is 17.8 Å². The lowest BCUT2D eigenvalue weighted by molar-refractivity contribution is -0.133. The zero-order chi connectivity index (χ0) is 16.4. The van der Waals surface area contributed by atoms with Crippen LogP contribution in [0.5, 0.6) is 0 Å². The van der Waals surface area contributed by atoms with Crippen LogP contribution in [0.2, 0.25) is 0 Å². The van der Waals surface area contributed by atoms with Gasteiger partial charge in [0.05, 0.1) is 24.4 Å². The van der Waals surface area contributed by atoms with E-state index in [1.165, 1.54) is 9.80 Å². The van der Waals surface area contributed by atoms with E-state index in [9.17, 15) is 14.4 Å². The molecule has 3 heterocycles. The van der Waals surface area contributed by atoms with Crippen LogP contribution in [0.15, 0.2) is 0 Å². The Bertz CT molecular complexity index is 558. The van der Waals surface area contributed by atoms with Gasteiger partial charge in [-0.1, -0.05) is 0 Å². The van der Waals surface area contributed by atoms with Crippen LogP contribution in [-0.2, 0) is 19.1 Å². The van der Waals surface area contributed by atoms with Gasteiger partial charge in [-0.15, -0.1) is 0 Å². The second-order valence-electron chi connectivity index (χ2n) is 7.71. The van der Waals surface area contributed by atoms with E-state index < -0.39 is 6.03 Å². The average molecular weight is 334 g/mol. The van der Waals surface area contributed by atoms with Crippen molar-refractivity contribution in [3.05, 3.63) is 0 Å². The Morgan fingerprint density at radius 2 is 1.21 bits per heavy atom. The summed E-state index contributed by atoms with van der Waals surface area (Å²) in [5, 5.41) is 0. The molecule has 24 heavy (non-hydrogen) atoms. The number of nitrogens with zero attached hydrogens (tertiary/aromatic N) is 2. The monoisotopic (exact) mass is 334 g/mol. The van der Waals surface area contributed by atoms with Crippen molar-refractivity contribution in [3.8, 4) is 0 Å². The number of rotatable bonds is 2. The van der Waals surface area contributed by atoms with Gasteiger partial charge in [0.25, 0.3) is 0 Å². The Hall–Kier alpha value is -1.47. The fraction of sp³-hybridized carbons (Fsp3) is 0.824. The number of carbonyl (C=O) groups is 3. The van der Waals surface area contributed by atoms with Crippen LogP contribution >= 0.6 is 0 Å². The van der Waals surface area contributed by atoms with E-state index in [0.717, 1.165) is 25.7 Å². The average Bonchev–Trinajstić information content (AvgIpc) is 3.49. The van der Waals surface area contributed by atoms with Gasteiger partial charge < -0.3 is 9.47 Å². The van der Waals surface area contributed by atoms with Gasteiger partial charge >= 0.3 is 6.03 Å². The molecule has 4 amide bonds. The summed E-state index contributed by atoms with van der Waals surface area (Å²) in [4.78, 5) is 40.5. The number of imide groups is 2. The van der Waals surface area contributed by atoms with Crippen LogP contribution in [0.3, 0.4) is 0 Å². The molecule has 0 N–H and O–H groups in total. The van der Waals surface area contributed by atoms with Crippen molar-refractivity contribution in [2.24, 2.45) is 11.8 Å². The smallest absolute Gasteiger partial charge is 0.333 e. The largest absolute Gasteiger partial charge is 0.370 e. The third kappa shape index (κ3) is 2.37. The van der Waals surface area contributed by atoms with Crippen LogP contribution in [0.1, 0.15) is 38.5 Å². The van der Waals surface area contributed by atoms with Gasteiger partial charge in [0.2, 0.25) is 11.8 Å². The van der Waals surface area contributed by atoms with Crippen molar-refractivity contribution in [2.45, 2.75) is 62.9 Å². The fourth-order valence-corrected chi connectivity index (χ4v) is 4.64. The molecule has 5 fully saturated rings. The highest BCUT2D eigenvalue weighted by molar-refractivity contribution is 6.04. The van der Waals surface area contributed by atoms with E-state index in [4.69, 9.17) is 9.47 Å². The maximum atomic E-state index is 12.7. The third-order valence-electron chi connectivity index (χ3n) is 6.25. The SMILES string of the molecule is O=C([C@@H]1CC[C@H]2O[C@H]2C1)N1CCN(C(=O)[C@@H]2CC[C@H]3O[C@@H]3C2)C1=O. The van der Waals surface area contributed by atoms with Crippen molar-refractivity contribution < 1.29 is 23.9 Å². The van der Waals surface area contributed by atoms with E-state index in [2.05, 4.69) is 0 Å². The van der Waals surface area contributed by atoms with Gasteiger partial charge in [0.1, 0.15) is 0 Å². The molecule has 0 unspecified atom stereocenters. The van der Waals surface area contributed by atoms with E-state index in [-0.39, 0.29) is 35.9 Å². The number of ether oxygens (including phenoxy) is 2. The molecule has 3 saturated heterocycles. The summed E-state index contributed by atoms with van der Waals surface area (Å²) in [6, 6.07) is -0.428. The Morgan fingerprint density at radius 3 is 1.62 bits per heavy atom. The summed E-state index contributed by atoms with van der Waals surface area (Å²) in [6.07, 6.45) is 5.86. The lowest BCUT2D eigenvalue weighted by Crippen LogP contribution is -2.44. The molecule has 2 aliphatic carbocycles. The minimum Gasteiger partial charge on any atom is -0.370 e. The Morgan fingerprint density at radius 1 is 0.750 bits per heavy atom. The second kappa shape index (κ2) is 5.26. The van der Waals surface area contributed by atoms with Gasteiger partial charge in [0.15, 0.2) is 0 Å². The zero-order valence-corrected chi connectivity index (χ0v) is 13.6. The third-order valence-corrected chi connectivity index (χ3v) is 6.25. The first-order chi connectivity index (χ1) is 11.6. The summed E-state index contributed by atoms with van der Waals surface area (Å²) in [6.45, 7) is 0.647. The number of epoxide rings is 2. The van der Waals surface area contributed by atoms with Crippen LogP contribution < -0.4 is 0 Å².